The number of rotatable bonds is 3. The number of hydrogen-bond acceptors (Lipinski definition) is 3. The van der Waals surface area contributed by atoms with Crippen LogP contribution in [-0.4, -0.2) is 25.0 Å². The second kappa shape index (κ2) is 5.91. The third-order valence-corrected chi connectivity index (χ3v) is 4.00. The summed E-state index contributed by atoms with van der Waals surface area (Å²) < 4.78 is 41.2. The van der Waals surface area contributed by atoms with Crippen LogP contribution in [0.1, 0.15) is 16.1 Å². The van der Waals surface area contributed by atoms with Gasteiger partial charge in [-0.05, 0) is 24.3 Å². The monoisotopic (exact) mass is 431 g/mol. The van der Waals surface area contributed by atoms with Crippen LogP contribution in [0.2, 0.25) is 0 Å². The van der Waals surface area contributed by atoms with Crippen LogP contribution in [0.15, 0.2) is 42.7 Å². The normalized spacial score (nSPS) is 11.8. The minimum absolute atomic E-state index is 0.0520. The van der Waals surface area contributed by atoms with Crippen molar-refractivity contribution in [2.24, 2.45) is 0 Å². The van der Waals surface area contributed by atoms with E-state index in [-0.39, 0.29) is 10.1 Å². The van der Waals surface area contributed by atoms with Crippen LogP contribution < -0.4 is 0 Å². The zero-order valence-corrected chi connectivity index (χ0v) is 13.7. The third kappa shape index (κ3) is 2.82. The molecule has 0 saturated carbocycles. The number of aromatic nitrogens is 3. The fourth-order valence-corrected chi connectivity index (χ4v) is 2.76. The zero-order chi connectivity index (χ0) is 16.6. The lowest BCUT2D eigenvalue weighted by Crippen LogP contribution is -2.18. The Morgan fingerprint density at radius 2 is 2.00 bits per heavy atom. The molecule has 0 radical (unpaired) electrons. The minimum atomic E-state index is -4.70. The van der Waals surface area contributed by atoms with Gasteiger partial charge < -0.3 is 0 Å². The van der Waals surface area contributed by atoms with E-state index in [1.807, 2.05) is 0 Å². The van der Waals surface area contributed by atoms with Crippen molar-refractivity contribution in [2.75, 3.05) is 4.43 Å². The van der Waals surface area contributed by atoms with Gasteiger partial charge in [0.15, 0.2) is 11.5 Å². The van der Waals surface area contributed by atoms with E-state index in [2.05, 4.69) is 10.1 Å². The zero-order valence-electron chi connectivity index (χ0n) is 11.5. The molecular weight excluding hydrogens is 422 g/mol. The highest BCUT2D eigenvalue weighted by molar-refractivity contribution is 14.1. The Labute approximate surface area is 142 Å². The van der Waals surface area contributed by atoms with Crippen molar-refractivity contribution in [3.63, 3.8) is 0 Å². The molecule has 0 amide bonds. The molecule has 0 N–H and O–H groups in total. The Balaban J connectivity index is 2.32. The molecule has 4 nitrogen and oxygen atoms in total. The molecule has 0 aliphatic heterocycles. The van der Waals surface area contributed by atoms with Crippen molar-refractivity contribution < 1.29 is 18.0 Å². The molecule has 0 aliphatic rings. The van der Waals surface area contributed by atoms with Gasteiger partial charge in [0, 0.05) is 11.6 Å². The van der Waals surface area contributed by atoms with Crippen LogP contribution in [-0.2, 0) is 6.18 Å². The first-order chi connectivity index (χ1) is 10.9. The van der Waals surface area contributed by atoms with E-state index >= 15 is 0 Å². The Bertz CT molecular complexity index is 884. The highest BCUT2D eigenvalue weighted by atomic mass is 127. The summed E-state index contributed by atoms with van der Waals surface area (Å²) in [6.45, 7) is 0. The molecule has 3 aromatic rings. The molecule has 0 atom stereocenters. The van der Waals surface area contributed by atoms with Gasteiger partial charge in [-0.1, -0.05) is 28.7 Å². The highest BCUT2D eigenvalue weighted by Gasteiger charge is 2.40. The van der Waals surface area contributed by atoms with Gasteiger partial charge in [0.25, 0.3) is 0 Å². The maximum atomic E-state index is 13.5. The third-order valence-electron chi connectivity index (χ3n) is 3.31. The minimum Gasteiger partial charge on any atom is -0.293 e. The highest BCUT2D eigenvalue weighted by Crippen LogP contribution is 2.35. The van der Waals surface area contributed by atoms with E-state index in [4.69, 9.17) is 0 Å². The molecule has 1 aromatic carbocycles. The summed E-state index contributed by atoms with van der Waals surface area (Å²) in [5.74, 6) is -0.609. The number of pyridine rings is 1. The van der Waals surface area contributed by atoms with Crippen LogP contribution in [0.25, 0.3) is 16.6 Å². The van der Waals surface area contributed by atoms with E-state index in [1.165, 1.54) is 6.07 Å². The number of nitrogens with zero attached hydrogens (tertiary/aromatic N) is 3. The number of carbonyl (C=O) groups excluding carboxylic acids is 1. The first kappa shape index (κ1) is 15.9. The first-order valence-corrected chi connectivity index (χ1v) is 8.04. The van der Waals surface area contributed by atoms with E-state index < -0.39 is 23.2 Å². The lowest BCUT2D eigenvalue weighted by molar-refractivity contribution is -0.143. The number of halogens is 4. The molecule has 0 spiro atoms. The van der Waals surface area contributed by atoms with Gasteiger partial charge in [-0.3, -0.25) is 9.78 Å². The van der Waals surface area contributed by atoms with Gasteiger partial charge in [-0.25, -0.2) is 4.68 Å². The number of fused-ring (bicyclic) bond motifs is 1. The van der Waals surface area contributed by atoms with E-state index in [1.54, 1.807) is 53.1 Å². The average Bonchev–Trinajstić information content (AvgIpc) is 2.98. The Hall–Kier alpha value is -1.97. The van der Waals surface area contributed by atoms with Crippen LogP contribution in [0.3, 0.4) is 0 Å². The number of hydrogen-bond donors (Lipinski definition) is 0. The molecule has 0 bridgehead atoms. The predicted octanol–water partition coefficient (Wildman–Crippen LogP) is 4.06. The molecule has 0 unspecified atom stereocenters. The SMILES string of the molecule is O=C(CI)c1cnn(-c2cccc3ncccc23)c1C(F)(F)F. The fourth-order valence-electron chi connectivity index (χ4n) is 2.35. The standard InChI is InChI=1S/C15H9F3IN3O/c16-15(17,18)14-10(13(23)7-19)8-21-22(14)12-5-1-4-11-9(12)3-2-6-20-11/h1-6,8H,7H2. The summed E-state index contributed by atoms with van der Waals surface area (Å²) in [6, 6.07) is 8.13. The van der Waals surface area contributed by atoms with Crippen molar-refractivity contribution in [2.45, 2.75) is 6.18 Å². The maximum Gasteiger partial charge on any atom is 0.434 e. The topological polar surface area (TPSA) is 47.8 Å². The summed E-state index contributed by atoms with van der Waals surface area (Å²) >= 11 is 1.74. The molecule has 118 valence electrons. The van der Waals surface area contributed by atoms with Crippen molar-refractivity contribution in [3.8, 4) is 5.69 Å². The molecule has 2 heterocycles. The molecule has 0 saturated heterocycles. The van der Waals surface area contributed by atoms with Crippen molar-refractivity contribution >= 4 is 39.3 Å². The molecule has 0 fully saturated rings. The fraction of sp³-hybridized carbons (Fsp3) is 0.133. The smallest absolute Gasteiger partial charge is 0.293 e. The number of benzene rings is 1. The van der Waals surface area contributed by atoms with Crippen LogP contribution in [0, 0.1) is 0 Å². The van der Waals surface area contributed by atoms with Gasteiger partial charge in [0.2, 0.25) is 0 Å². The summed E-state index contributed by atoms with van der Waals surface area (Å²) in [5.41, 5.74) is -0.700. The number of Topliss-reactive ketones (excluding diaryl/α,β-unsaturated/α-hetero) is 1. The Morgan fingerprint density at radius 3 is 2.70 bits per heavy atom. The molecule has 8 heteroatoms. The molecule has 0 aliphatic carbocycles. The predicted molar refractivity (Wildman–Crippen MR) is 87.1 cm³/mol. The van der Waals surface area contributed by atoms with Crippen LogP contribution in [0.4, 0.5) is 13.2 Å². The van der Waals surface area contributed by atoms with Gasteiger partial charge in [-0.2, -0.15) is 18.3 Å². The molecule has 3 rings (SSSR count). The number of alkyl halides is 4. The second-order valence-corrected chi connectivity index (χ2v) is 5.48. The Morgan fingerprint density at radius 1 is 1.22 bits per heavy atom. The van der Waals surface area contributed by atoms with Crippen LogP contribution in [0.5, 0.6) is 0 Å². The van der Waals surface area contributed by atoms with Gasteiger partial charge in [-0.15, -0.1) is 0 Å². The summed E-state index contributed by atoms with van der Waals surface area (Å²) in [4.78, 5) is 15.9. The number of ketones is 1. The van der Waals surface area contributed by atoms with E-state index in [0.29, 0.717) is 10.9 Å². The molecule has 2 aromatic heterocycles. The van der Waals surface area contributed by atoms with Gasteiger partial charge in [0.1, 0.15) is 0 Å². The van der Waals surface area contributed by atoms with Crippen LogP contribution >= 0.6 is 22.6 Å². The molecular formula is C15H9F3IN3O. The lowest BCUT2D eigenvalue weighted by atomic mass is 10.1. The van der Waals surface area contributed by atoms with E-state index in [9.17, 15) is 18.0 Å². The second-order valence-electron chi connectivity index (χ2n) is 4.72. The number of carbonyl (C=O) groups is 1. The lowest BCUT2D eigenvalue weighted by Gasteiger charge is -2.13. The van der Waals surface area contributed by atoms with Crippen molar-refractivity contribution in [1.29, 1.82) is 0 Å². The average molecular weight is 431 g/mol. The molecule has 23 heavy (non-hydrogen) atoms. The quantitative estimate of drug-likeness (QED) is 0.357. The van der Waals surface area contributed by atoms with Crippen molar-refractivity contribution in [3.05, 3.63) is 54.0 Å². The first-order valence-electron chi connectivity index (χ1n) is 6.52. The van der Waals surface area contributed by atoms with Crippen molar-refractivity contribution in [1.82, 2.24) is 14.8 Å². The summed E-state index contributed by atoms with van der Waals surface area (Å²) in [5, 5.41) is 4.34. The van der Waals surface area contributed by atoms with Gasteiger partial charge in [0.05, 0.1) is 27.4 Å². The maximum absolute atomic E-state index is 13.5. The van der Waals surface area contributed by atoms with Gasteiger partial charge >= 0.3 is 6.18 Å². The summed E-state index contributed by atoms with van der Waals surface area (Å²) in [6.07, 6.45) is -2.17. The largest absolute Gasteiger partial charge is 0.434 e. The Kier molecular flexibility index (Phi) is 4.09. The summed E-state index contributed by atoms with van der Waals surface area (Å²) in [7, 11) is 0. The van der Waals surface area contributed by atoms with E-state index in [0.717, 1.165) is 10.9 Å².